The number of hydrogen-bond donors (Lipinski definition) is 0. The third-order valence-electron chi connectivity index (χ3n) is 4.34. The van der Waals surface area contributed by atoms with Gasteiger partial charge in [0.1, 0.15) is 0 Å². The minimum Gasteiger partial charge on any atom is -0.371 e. The van der Waals surface area contributed by atoms with E-state index in [9.17, 15) is 0 Å². The Morgan fingerprint density at radius 2 is 1.83 bits per heavy atom. The Hall–Kier alpha value is -2.67. The Morgan fingerprint density at radius 3 is 2.58 bits per heavy atom. The van der Waals surface area contributed by atoms with Gasteiger partial charge in [0.25, 0.3) is 0 Å². The van der Waals surface area contributed by atoms with E-state index in [0.29, 0.717) is 5.56 Å². The molecule has 0 N–H and O–H groups in total. The molecule has 0 unspecified atom stereocenters. The molecule has 0 saturated heterocycles. The van der Waals surface area contributed by atoms with Crippen molar-refractivity contribution in [3.8, 4) is 6.07 Å². The van der Waals surface area contributed by atoms with Crippen LogP contribution in [0.2, 0.25) is 0 Å². The minimum atomic E-state index is 0.634. The van der Waals surface area contributed by atoms with E-state index >= 15 is 0 Å². The topological polar surface area (TPSA) is 51.8 Å². The van der Waals surface area contributed by atoms with Crippen molar-refractivity contribution in [1.82, 2.24) is 0 Å². The number of anilines is 1. The number of nitriles is 1. The summed E-state index contributed by atoms with van der Waals surface area (Å²) in [4.78, 5) is 2.49. The highest BCUT2D eigenvalue weighted by molar-refractivity contribution is 5.60. The molecule has 4 nitrogen and oxygen atoms in total. The smallest absolute Gasteiger partial charge is 0.0991 e. The average Bonchev–Trinajstić information content (AvgIpc) is 2.64. The molecule has 0 aromatic heterocycles. The highest BCUT2D eigenvalue weighted by atomic mass is 15.1. The molecule has 122 valence electrons. The molecule has 0 spiro atoms. The standard InChI is InChI=1S/C20H22N4/c1-2-3-12-24-13-4-5-17-14-19(10-11-20(17)24)23-22-18-8-6-16(15-21)7-9-18/h6-11,14H,2-5,12-13H2,1H3. The van der Waals surface area contributed by atoms with Crippen LogP contribution in [0, 0.1) is 11.3 Å². The van der Waals surface area contributed by atoms with Gasteiger partial charge < -0.3 is 4.90 Å². The second-order valence-electron chi connectivity index (χ2n) is 6.12. The van der Waals surface area contributed by atoms with Crippen LogP contribution in [0.5, 0.6) is 0 Å². The Balaban J connectivity index is 1.75. The lowest BCUT2D eigenvalue weighted by molar-refractivity contribution is 0.658. The molecule has 24 heavy (non-hydrogen) atoms. The van der Waals surface area contributed by atoms with Crippen LogP contribution in [0.15, 0.2) is 52.7 Å². The lowest BCUT2D eigenvalue weighted by Gasteiger charge is -2.31. The molecule has 0 atom stereocenters. The fourth-order valence-corrected chi connectivity index (χ4v) is 3.02. The van der Waals surface area contributed by atoms with Crippen LogP contribution >= 0.6 is 0 Å². The van der Waals surface area contributed by atoms with Crippen molar-refractivity contribution in [2.75, 3.05) is 18.0 Å². The fraction of sp³-hybridized carbons (Fsp3) is 0.350. The molecule has 0 saturated carbocycles. The van der Waals surface area contributed by atoms with Crippen molar-refractivity contribution in [2.24, 2.45) is 10.2 Å². The molecular formula is C20H22N4. The van der Waals surface area contributed by atoms with Gasteiger partial charge in [0, 0.05) is 18.8 Å². The van der Waals surface area contributed by atoms with Crippen molar-refractivity contribution in [2.45, 2.75) is 32.6 Å². The summed E-state index contributed by atoms with van der Waals surface area (Å²) in [6.45, 7) is 4.52. The first-order valence-electron chi connectivity index (χ1n) is 8.60. The van der Waals surface area contributed by atoms with Crippen LogP contribution in [-0.2, 0) is 6.42 Å². The number of fused-ring (bicyclic) bond motifs is 1. The van der Waals surface area contributed by atoms with Crippen LogP contribution in [0.1, 0.15) is 37.3 Å². The molecule has 2 aromatic carbocycles. The van der Waals surface area contributed by atoms with E-state index in [2.05, 4.69) is 40.3 Å². The molecule has 1 heterocycles. The Kier molecular flexibility index (Phi) is 5.22. The predicted molar refractivity (Wildman–Crippen MR) is 97.2 cm³/mol. The number of hydrogen-bond acceptors (Lipinski definition) is 4. The van der Waals surface area contributed by atoms with Gasteiger partial charge >= 0.3 is 0 Å². The molecule has 3 rings (SSSR count). The third-order valence-corrected chi connectivity index (χ3v) is 4.34. The molecule has 0 amide bonds. The summed E-state index contributed by atoms with van der Waals surface area (Å²) in [7, 11) is 0. The summed E-state index contributed by atoms with van der Waals surface area (Å²) < 4.78 is 0. The molecule has 0 fully saturated rings. The van der Waals surface area contributed by atoms with Gasteiger partial charge in [0.05, 0.1) is 23.0 Å². The molecule has 0 radical (unpaired) electrons. The van der Waals surface area contributed by atoms with Gasteiger partial charge in [-0.05, 0) is 67.3 Å². The van der Waals surface area contributed by atoms with E-state index in [1.165, 1.54) is 30.5 Å². The van der Waals surface area contributed by atoms with Crippen molar-refractivity contribution in [1.29, 1.82) is 5.26 Å². The van der Waals surface area contributed by atoms with Gasteiger partial charge in [-0.15, -0.1) is 0 Å². The monoisotopic (exact) mass is 318 g/mol. The third kappa shape index (κ3) is 3.80. The normalized spacial score (nSPS) is 13.8. The largest absolute Gasteiger partial charge is 0.371 e. The van der Waals surface area contributed by atoms with Crippen molar-refractivity contribution >= 4 is 17.1 Å². The SMILES string of the molecule is CCCCN1CCCc2cc(N=Nc3ccc(C#N)cc3)ccc21. The quantitative estimate of drug-likeness (QED) is 0.681. The molecule has 2 aromatic rings. The van der Waals surface area contributed by atoms with E-state index < -0.39 is 0 Å². The highest BCUT2D eigenvalue weighted by Crippen LogP contribution is 2.31. The Morgan fingerprint density at radius 1 is 1.08 bits per heavy atom. The average molecular weight is 318 g/mol. The number of benzene rings is 2. The number of rotatable bonds is 5. The van der Waals surface area contributed by atoms with Crippen LogP contribution in [0.3, 0.4) is 0 Å². The second kappa shape index (κ2) is 7.74. The summed E-state index contributed by atoms with van der Waals surface area (Å²) in [6, 6.07) is 15.6. The maximum atomic E-state index is 8.82. The van der Waals surface area contributed by atoms with Crippen LogP contribution < -0.4 is 4.90 Å². The molecule has 1 aliphatic heterocycles. The first kappa shape index (κ1) is 16.2. The van der Waals surface area contributed by atoms with Crippen molar-refractivity contribution in [3.63, 3.8) is 0 Å². The number of unbranched alkanes of at least 4 members (excludes halogenated alkanes) is 1. The number of nitrogens with zero attached hydrogens (tertiary/aromatic N) is 4. The van der Waals surface area contributed by atoms with Crippen LogP contribution in [0.4, 0.5) is 17.1 Å². The summed E-state index contributed by atoms with van der Waals surface area (Å²) in [5.41, 5.74) is 5.00. The minimum absolute atomic E-state index is 0.634. The van der Waals surface area contributed by atoms with Crippen molar-refractivity contribution < 1.29 is 0 Å². The number of aryl methyl sites for hydroxylation is 1. The summed E-state index contributed by atoms with van der Waals surface area (Å²) in [6.07, 6.45) is 4.77. The predicted octanol–water partition coefficient (Wildman–Crippen LogP) is 5.53. The lowest BCUT2D eigenvalue weighted by atomic mass is 10.0. The van der Waals surface area contributed by atoms with Gasteiger partial charge in [-0.25, -0.2) is 0 Å². The summed E-state index contributed by atoms with van der Waals surface area (Å²) in [5, 5.41) is 17.4. The fourth-order valence-electron chi connectivity index (χ4n) is 3.02. The van der Waals surface area contributed by atoms with Gasteiger partial charge in [-0.2, -0.15) is 15.5 Å². The second-order valence-corrected chi connectivity index (χ2v) is 6.12. The molecular weight excluding hydrogens is 296 g/mol. The Labute approximate surface area is 143 Å². The lowest BCUT2D eigenvalue weighted by Crippen LogP contribution is -2.30. The van der Waals surface area contributed by atoms with E-state index in [1.807, 2.05) is 18.2 Å². The Bertz CT molecular complexity index is 756. The summed E-state index contributed by atoms with van der Waals surface area (Å²) in [5.74, 6) is 0. The van der Waals surface area contributed by atoms with Crippen LogP contribution in [-0.4, -0.2) is 13.1 Å². The number of azo groups is 1. The van der Waals surface area contributed by atoms with E-state index in [4.69, 9.17) is 5.26 Å². The van der Waals surface area contributed by atoms with Crippen LogP contribution in [0.25, 0.3) is 0 Å². The molecule has 0 bridgehead atoms. The summed E-state index contributed by atoms with van der Waals surface area (Å²) >= 11 is 0. The zero-order valence-corrected chi connectivity index (χ0v) is 14.1. The molecule has 4 heteroatoms. The van der Waals surface area contributed by atoms with Gasteiger partial charge in [0.15, 0.2) is 0 Å². The zero-order valence-electron chi connectivity index (χ0n) is 14.1. The highest BCUT2D eigenvalue weighted by Gasteiger charge is 2.16. The van der Waals surface area contributed by atoms with E-state index in [-0.39, 0.29) is 0 Å². The maximum Gasteiger partial charge on any atom is 0.0991 e. The first-order chi connectivity index (χ1) is 11.8. The van der Waals surface area contributed by atoms with Gasteiger partial charge in [-0.3, -0.25) is 0 Å². The zero-order chi connectivity index (χ0) is 16.8. The van der Waals surface area contributed by atoms with Gasteiger partial charge in [-0.1, -0.05) is 13.3 Å². The van der Waals surface area contributed by atoms with Crippen molar-refractivity contribution in [3.05, 3.63) is 53.6 Å². The van der Waals surface area contributed by atoms with E-state index in [1.54, 1.807) is 12.1 Å². The van der Waals surface area contributed by atoms with E-state index in [0.717, 1.165) is 30.9 Å². The van der Waals surface area contributed by atoms with Gasteiger partial charge in [0.2, 0.25) is 0 Å². The first-order valence-corrected chi connectivity index (χ1v) is 8.60. The molecule has 1 aliphatic rings. The maximum absolute atomic E-state index is 8.82. The molecule has 0 aliphatic carbocycles.